The Morgan fingerprint density at radius 3 is 2.80 bits per heavy atom. The Kier molecular flexibility index (Phi) is 1.84. The first-order valence-electron chi connectivity index (χ1n) is 4.34. The predicted octanol–water partition coefficient (Wildman–Crippen LogP) is 3.19. The van der Waals surface area contributed by atoms with Crippen LogP contribution in [0.5, 0.6) is 0 Å². The summed E-state index contributed by atoms with van der Waals surface area (Å²) in [5, 5.41) is 1.63. The van der Waals surface area contributed by atoms with E-state index in [4.69, 9.17) is 23.2 Å². The van der Waals surface area contributed by atoms with E-state index >= 15 is 0 Å². The zero-order valence-electron chi connectivity index (χ0n) is 7.48. The molecule has 3 aromatic rings. The molecule has 0 aliphatic carbocycles. The topological polar surface area (TPSA) is 30.2 Å². The number of hydrogen-bond donors (Lipinski definition) is 0. The lowest BCUT2D eigenvalue weighted by Gasteiger charge is -1.98. The molecule has 0 bridgehead atoms. The monoisotopic (exact) mass is 237 g/mol. The van der Waals surface area contributed by atoms with Gasteiger partial charge < -0.3 is 0 Å². The van der Waals surface area contributed by atoms with E-state index in [2.05, 4.69) is 9.97 Å². The molecule has 2 heterocycles. The number of nitrogens with zero attached hydrogens (tertiary/aromatic N) is 3. The Labute approximate surface area is 95.3 Å². The van der Waals surface area contributed by atoms with E-state index in [1.165, 1.54) is 0 Å². The van der Waals surface area contributed by atoms with Gasteiger partial charge in [-0.1, -0.05) is 35.3 Å². The van der Waals surface area contributed by atoms with Gasteiger partial charge in [0.2, 0.25) is 0 Å². The molecule has 0 aliphatic rings. The van der Waals surface area contributed by atoms with Crippen LogP contribution >= 0.6 is 23.2 Å². The van der Waals surface area contributed by atoms with Gasteiger partial charge in [0.1, 0.15) is 12.0 Å². The fourth-order valence-electron chi connectivity index (χ4n) is 1.58. The van der Waals surface area contributed by atoms with Gasteiger partial charge in [0.25, 0.3) is 0 Å². The van der Waals surface area contributed by atoms with E-state index in [9.17, 15) is 0 Å². The van der Waals surface area contributed by atoms with Crippen LogP contribution in [0.15, 0.2) is 30.6 Å². The Bertz CT molecular complexity index is 660. The van der Waals surface area contributed by atoms with Gasteiger partial charge in [-0.25, -0.2) is 9.97 Å². The Balaban J connectivity index is 2.60. The third-order valence-electron chi connectivity index (χ3n) is 2.27. The summed E-state index contributed by atoms with van der Waals surface area (Å²) in [6.45, 7) is 0. The van der Waals surface area contributed by atoms with Gasteiger partial charge in [0, 0.05) is 5.39 Å². The highest BCUT2D eigenvalue weighted by atomic mass is 35.5. The van der Waals surface area contributed by atoms with Crippen molar-refractivity contribution in [1.29, 1.82) is 0 Å². The van der Waals surface area contributed by atoms with Crippen molar-refractivity contribution >= 4 is 39.8 Å². The minimum Gasteiger partial charge on any atom is -0.272 e. The minimum atomic E-state index is 0.301. The van der Waals surface area contributed by atoms with Gasteiger partial charge in [-0.15, -0.1) is 0 Å². The number of rotatable bonds is 0. The van der Waals surface area contributed by atoms with Crippen molar-refractivity contribution in [3.8, 4) is 0 Å². The third-order valence-corrected chi connectivity index (χ3v) is 2.99. The average molecular weight is 238 g/mol. The molecule has 0 atom stereocenters. The first kappa shape index (κ1) is 8.95. The Morgan fingerprint density at radius 1 is 1.13 bits per heavy atom. The lowest BCUT2D eigenvalue weighted by molar-refractivity contribution is 1.12. The Hall–Kier alpha value is -1.32. The van der Waals surface area contributed by atoms with Crippen LogP contribution in [0.2, 0.25) is 10.3 Å². The van der Waals surface area contributed by atoms with Gasteiger partial charge in [-0.2, -0.15) is 0 Å². The highest BCUT2D eigenvalue weighted by Gasteiger charge is 2.10. The maximum Gasteiger partial charge on any atom is 0.167 e. The molecule has 0 saturated heterocycles. The van der Waals surface area contributed by atoms with Crippen LogP contribution in [0.4, 0.5) is 0 Å². The molecular formula is C10H5Cl2N3. The molecular weight excluding hydrogens is 233 g/mol. The van der Waals surface area contributed by atoms with Crippen molar-refractivity contribution in [2.45, 2.75) is 0 Å². The number of halogens is 2. The SMILES string of the molecule is Clc1nc2c3ccccc3ncn2c1Cl. The minimum absolute atomic E-state index is 0.301. The molecule has 0 saturated carbocycles. The van der Waals surface area contributed by atoms with Crippen molar-refractivity contribution < 1.29 is 0 Å². The lowest BCUT2D eigenvalue weighted by atomic mass is 10.2. The van der Waals surface area contributed by atoms with Crippen LogP contribution in [0.3, 0.4) is 0 Å². The van der Waals surface area contributed by atoms with Gasteiger partial charge in [0.15, 0.2) is 10.3 Å². The van der Waals surface area contributed by atoms with Crippen molar-refractivity contribution in [1.82, 2.24) is 14.4 Å². The second-order valence-corrected chi connectivity index (χ2v) is 3.86. The second kappa shape index (κ2) is 3.08. The van der Waals surface area contributed by atoms with Crippen molar-refractivity contribution in [3.05, 3.63) is 40.9 Å². The molecule has 0 fully saturated rings. The molecule has 0 amide bonds. The van der Waals surface area contributed by atoms with Crippen LogP contribution < -0.4 is 0 Å². The van der Waals surface area contributed by atoms with E-state index in [0.29, 0.717) is 10.3 Å². The van der Waals surface area contributed by atoms with Crippen LogP contribution in [0.1, 0.15) is 0 Å². The molecule has 0 spiro atoms. The van der Waals surface area contributed by atoms with Gasteiger partial charge >= 0.3 is 0 Å². The summed E-state index contributed by atoms with van der Waals surface area (Å²) in [7, 11) is 0. The molecule has 5 heteroatoms. The predicted molar refractivity (Wildman–Crippen MR) is 60.5 cm³/mol. The highest BCUT2D eigenvalue weighted by molar-refractivity contribution is 6.41. The second-order valence-electron chi connectivity index (χ2n) is 3.15. The van der Waals surface area contributed by atoms with E-state index in [1.807, 2.05) is 24.3 Å². The van der Waals surface area contributed by atoms with Gasteiger partial charge in [-0.3, -0.25) is 4.40 Å². The van der Waals surface area contributed by atoms with Crippen molar-refractivity contribution in [2.75, 3.05) is 0 Å². The molecule has 3 rings (SSSR count). The average Bonchev–Trinajstić information content (AvgIpc) is 2.56. The largest absolute Gasteiger partial charge is 0.272 e. The van der Waals surface area contributed by atoms with Crippen LogP contribution in [-0.4, -0.2) is 14.4 Å². The van der Waals surface area contributed by atoms with Crippen LogP contribution in [-0.2, 0) is 0 Å². The molecule has 0 radical (unpaired) electrons. The molecule has 15 heavy (non-hydrogen) atoms. The number of benzene rings is 1. The maximum absolute atomic E-state index is 5.97. The van der Waals surface area contributed by atoms with E-state index < -0.39 is 0 Å². The maximum atomic E-state index is 5.97. The summed E-state index contributed by atoms with van der Waals surface area (Å²) in [6.07, 6.45) is 1.62. The summed E-state index contributed by atoms with van der Waals surface area (Å²) >= 11 is 11.8. The summed E-state index contributed by atoms with van der Waals surface area (Å²) in [6, 6.07) is 7.72. The fourth-order valence-corrected chi connectivity index (χ4v) is 1.91. The number of imidazole rings is 1. The number of fused-ring (bicyclic) bond motifs is 3. The first-order valence-corrected chi connectivity index (χ1v) is 5.10. The van der Waals surface area contributed by atoms with Gasteiger partial charge in [-0.05, 0) is 12.1 Å². The Morgan fingerprint density at radius 2 is 1.93 bits per heavy atom. The number of aromatic nitrogens is 3. The molecule has 1 aromatic carbocycles. The fraction of sp³-hybridized carbons (Fsp3) is 0. The molecule has 0 unspecified atom stereocenters. The number of para-hydroxylation sites is 1. The zero-order valence-corrected chi connectivity index (χ0v) is 9.00. The summed E-state index contributed by atoms with van der Waals surface area (Å²) in [5.41, 5.74) is 1.61. The normalized spacial score (nSPS) is 11.3. The standard InChI is InChI=1S/C10H5Cl2N3/c11-8-9(12)15-5-13-7-4-2-1-3-6(7)10(15)14-8/h1-5H. The molecule has 3 nitrogen and oxygen atoms in total. The third kappa shape index (κ3) is 1.20. The van der Waals surface area contributed by atoms with Crippen LogP contribution in [0.25, 0.3) is 16.6 Å². The zero-order chi connectivity index (χ0) is 10.4. The van der Waals surface area contributed by atoms with Crippen molar-refractivity contribution in [3.63, 3.8) is 0 Å². The van der Waals surface area contributed by atoms with Crippen LogP contribution in [0, 0.1) is 0 Å². The van der Waals surface area contributed by atoms with Gasteiger partial charge in [0.05, 0.1) is 5.52 Å². The molecule has 74 valence electrons. The quantitative estimate of drug-likeness (QED) is 0.602. The first-order chi connectivity index (χ1) is 7.27. The molecule has 0 N–H and O–H groups in total. The molecule has 0 aliphatic heterocycles. The smallest absolute Gasteiger partial charge is 0.167 e. The van der Waals surface area contributed by atoms with Crippen molar-refractivity contribution in [2.24, 2.45) is 0 Å². The summed E-state index contributed by atoms with van der Waals surface area (Å²) in [4.78, 5) is 8.46. The molecule has 2 aromatic heterocycles. The van der Waals surface area contributed by atoms with E-state index in [0.717, 1.165) is 16.6 Å². The van der Waals surface area contributed by atoms with E-state index in [1.54, 1.807) is 10.7 Å². The summed E-state index contributed by atoms with van der Waals surface area (Å²) in [5.74, 6) is 0. The van der Waals surface area contributed by atoms with E-state index in [-0.39, 0.29) is 0 Å². The highest BCUT2D eigenvalue weighted by Crippen LogP contribution is 2.26. The summed E-state index contributed by atoms with van der Waals surface area (Å²) < 4.78 is 1.67. The number of hydrogen-bond acceptors (Lipinski definition) is 2. The lowest BCUT2D eigenvalue weighted by Crippen LogP contribution is -1.88.